The second kappa shape index (κ2) is 12.5. The van der Waals surface area contributed by atoms with E-state index < -0.39 is 0 Å². The van der Waals surface area contributed by atoms with E-state index in [4.69, 9.17) is 5.11 Å². The Kier molecular flexibility index (Phi) is 8.80. The Hall–Kier alpha value is -3.28. The van der Waals surface area contributed by atoms with Crippen LogP contribution in [0.25, 0.3) is 5.57 Å². The summed E-state index contributed by atoms with van der Waals surface area (Å²) in [5.74, 6) is 1.02. The number of aliphatic hydroxyl groups is 1. The highest BCUT2D eigenvalue weighted by Crippen LogP contribution is 2.54. The van der Waals surface area contributed by atoms with Gasteiger partial charge >= 0.3 is 0 Å². The van der Waals surface area contributed by atoms with Gasteiger partial charge in [0.25, 0.3) is 5.56 Å². The van der Waals surface area contributed by atoms with Crippen LogP contribution in [0.2, 0.25) is 0 Å². The van der Waals surface area contributed by atoms with E-state index in [1.807, 2.05) is 10.6 Å². The van der Waals surface area contributed by atoms with Crippen LogP contribution in [-0.2, 0) is 5.54 Å². The van der Waals surface area contributed by atoms with Crippen LogP contribution in [-0.4, -0.2) is 46.6 Å². The fourth-order valence-corrected chi connectivity index (χ4v) is 7.53. The predicted octanol–water partition coefficient (Wildman–Crippen LogP) is 7.84. The highest BCUT2D eigenvalue weighted by molar-refractivity contribution is 5.94. The lowest BCUT2D eigenvalue weighted by atomic mass is 9.59. The second-order valence-corrected chi connectivity index (χ2v) is 14.7. The summed E-state index contributed by atoms with van der Waals surface area (Å²) in [6.45, 7) is 13.7. The lowest BCUT2D eigenvalue weighted by Gasteiger charge is -2.57. The number of benzene rings is 2. The van der Waals surface area contributed by atoms with Crippen molar-refractivity contribution in [2.45, 2.75) is 96.9 Å². The van der Waals surface area contributed by atoms with Crippen molar-refractivity contribution >= 4 is 11.4 Å². The number of aliphatic hydroxyl groups excluding tert-OH is 1. The number of carbonyl (C=O) groups excluding carboxylic acids is 1. The molecule has 2 heterocycles. The predicted molar refractivity (Wildman–Crippen MR) is 183 cm³/mol. The Bertz CT molecular complexity index is 1620. The van der Waals surface area contributed by atoms with E-state index in [0.29, 0.717) is 22.8 Å². The fourth-order valence-electron chi connectivity index (χ4n) is 7.53. The largest absolute Gasteiger partial charge is 0.395 e. The SMILES string of the molecule is CCC1(n2cc(C(C)=O)cc(C3CC3)c2=O)CC1.Cc1ccc(C(=C2CC3(C2)CN(CCO)C3)c2ccc(C(C)C)cc2)cc1. The number of β-amino-alcohol motifs (C(OH)–C–C–N with tert-alkyl or cyclic N) is 1. The third-order valence-electron chi connectivity index (χ3n) is 10.7. The molecule has 0 amide bonds. The minimum atomic E-state index is 0.00613. The summed E-state index contributed by atoms with van der Waals surface area (Å²) in [7, 11) is 0. The number of hydrogen-bond acceptors (Lipinski definition) is 4. The van der Waals surface area contributed by atoms with Crippen LogP contribution in [0, 0.1) is 12.3 Å². The number of hydrogen-bond donors (Lipinski definition) is 1. The maximum Gasteiger partial charge on any atom is 0.254 e. The first-order valence-electron chi connectivity index (χ1n) is 17.1. The molecule has 5 nitrogen and oxygen atoms in total. The number of Topliss-reactive ketones (excluding diaryl/α,β-unsaturated/α-hetero) is 1. The van der Waals surface area contributed by atoms with Gasteiger partial charge < -0.3 is 9.67 Å². The number of nitrogens with zero attached hydrogens (tertiary/aromatic N) is 2. The molecule has 3 aliphatic carbocycles. The molecule has 238 valence electrons. The van der Waals surface area contributed by atoms with Gasteiger partial charge in [0.1, 0.15) is 0 Å². The molecule has 1 saturated heterocycles. The number of aryl methyl sites for hydroxylation is 1. The molecule has 5 heteroatoms. The maximum absolute atomic E-state index is 12.5. The van der Waals surface area contributed by atoms with E-state index in [-0.39, 0.29) is 23.5 Å². The molecular formula is C40H50N2O3. The Morgan fingerprint density at radius 1 is 0.956 bits per heavy atom. The molecular weight excluding hydrogens is 556 g/mol. The van der Waals surface area contributed by atoms with Crippen LogP contribution in [0.3, 0.4) is 0 Å². The first-order chi connectivity index (χ1) is 21.6. The van der Waals surface area contributed by atoms with Crippen LogP contribution in [0.5, 0.6) is 0 Å². The number of allylic oxidation sites excluding steroid dienone is 1. The number of carbonyl (C=O) groups is 1. The molecule has 1 spiro atoms. The summed E-state index contributed by atoms with van der Waals surface area (Å²) in [5.41, 5.74) is 10.6. The summed E-state index contributed by atoms with van der Waals surface area (Å²) in [4.78, 5) is 26.5. The molecule has 4 aliphatic rings. The van der Waals surface area contributed by atoms with E-state index >= 15 is 0 Å². The standard InChI is InChI=1S/C25H31NO.C15H19NO2/c1-18(2)20-8-10-22(11-9-20)24(21-6-4-19(3)5-7-21)23-14-25(15-23)16-26(17-25)12-13-27;1-3-15(6-7-15)16-9-12(10(2)17)8-13(14(16)18)11-4-5-11/h4-11,18,27H,12-17H2,1-3H3;8-9,11H,3-7H2,1-2H3. The number of rotatable bonds is 9. The van der Waals surface area contributed by atoms with Crippen LogP contribution < -0.4 is 5.56 Å². The Morgan fingerprint density at radius 3 is 2.04 bits per heavy atom. The molecule has 1 N–H and O–H groups in total. The van der Waals surface area contributed by atoms with E-state index in [2.05, 4.69) is 81.1 Å². The van der Waals surface area contributed by atoms with Crippen LogP contribution in [0.1, 0.15) is 123 Å². The molecule has 7 rings (SSSR count). The van der Waals surface area contributed by atoms with Gasteiger partial charge in [-0.15, -0.1) is 0 Å². The lowest BCUT2D eigenvalue weighted by molar-refractivity contribution is -0.0366. The molecule has 1 aliphatic heterocycles. The first-order valence-corrected chi connectivity index (χ1v) is 17.1. The van der Waals surface area contributed by atoms with Crippen LogP contribution >= 0.6 is 0 Å². The highest BCUT2D eigenvalue weighted by Gasteiger charge is 2.50. The van der Waals surface area contributed by atoms with Gasteiger partial charge in [-0.3, -0.25) is 14.5 Å². The van der Waals surface area contributed by atoms with Crippen molar-refractivity contribution in [1.82, 2.24) is 9.47 Å². The van der Waals surface area contributed by atoms with Crippen LogP contribution in [0.4, 0.5) is 0 Å². The quantitative estimate of drug-likeness (QED) is 0.252. The van der Waals surface area contributed by atoms with Crippen molar-refractivity contribution < 1.29 is 9.90 Å². The van der Waals surface area contributed by atoms with Crippen molar-refractivity contribution in [3.63, 3.8) is 0 Å². The summed E-state index contributed by atoms with van der Waals surface area (Å²) < 4.78 is 1.86. The van der Waals surface area contributed by atoms with Crippen molar-refractivity contribution in [2.75, 3.05) is 26.2 Å². The highest BCUT2D eigenvalue weighted by atomic mass is 16.3. The van der Waals surface area contributed by atoms with Crippen molar-refractivity contribution in [1.29, 1.82) is 0 Å². The Morgan fingerprint density at radius 2 is 1.56 bits per heavy atom. The molecule has 2 aromatic carbocycles. The minimum Gasteiger partial charge on any atom is -0.395 e. The number of ketones is 1. The Labute approximate surface area is 269 Å². The minimum absolute atomic E-state index is 0.00613. The molecule has 0 bridgehead atoms. The zero-order chi connectivity index (χ0) is 31.9. The van der Waals surface area contributed by atoms with E-state index in [9.17, 15) is 9.59 Å². The zero-order valence-corrected chi connectivity index (χ0v) is 27.9. The van der Waals surface area contributed by atoms with Gasteiger partial charge in [-0.1, -0.05) is 80.4 Å². The molecule has 45 heavy (non-hydrogen) atoms. The topological polar surface area (TPSA) is 62.5 Å². The average molecular weight is 607 g/mol. The molecule has 0 radical (unpaired) electrons. The zero-order valence-electron chi connectivity index (χ0n) is 27.9. The monoisotopic (exact) mass is 606 g/mol. The van der Waals surface area contributed by atoms with E-state index in [1.165, 1.54) is 40.7 Å². The third-order valence-corrected chi connectivity index (χ3v) is 10.7. The summed E-state index contributed by atoms with van der Waals surface area (Å²) in [5, 5.41) is 9.13. The van der Waals surface area contributed by atoms with Gasteiger partial charge in [0.05, 0.1) is 6.61 Å². The second-order valence-electron chi connectivity index (χ2n) is 14.7. The third kappa shape index (κ3) is 6.53. The molecule has 3 saturated carbocycles. The van der Waals surface area contributed by atoms with Crippen LogP contribution in [0.15, 0.2) is 71.2 Å². The molecule has 0 unspecified atom stereocenters. The molecule has 4 fully saturated rings. The van der Waals surface area contributed by atoms with Gasteiger partial charge in [0.2, 0.25) is 0 Å². The van der Waals surface area contributed by atoms with E-state index in [0.717, 1.165) is 57.3 Å². The van der Waals surface area contributed by atoms with E-state index in [1.54, 1.807) is 18.7 Å². The van der Waals surface area contributed by atoms with Gasteiger partial charge in [-0.25, -0.2) is 0 Å². The summed E-state index contributed by atoms with van der Waals surface area (Å²) in [6.07, 6.45) is 9.47. The molecule has 3 aromatic rings. The van der Waals surface area contributed by atoms with Gasteiger partial charge in [-0.05, 0) is 99.0 Å². The smallest absolute Gasteiger partial charge is 0.254 e. The van der Waals surface area contributed by atoms with Crippen molar-refractivity contribution in [3.05, 3.63) is 110 Å². The van der Waals surface area contributed by atoms with Crippen molar-refractivity contribution in [2.24, 2.45) is 5.41 Å². The molecule has 1 aromatic heterocycles. The normalized spacial score (nSPS) is 19.4. The molecule has 0 atom stereocenters. The number of aromatic nitrogens is 1. The van der Waals surface area contributed by atoms with Crippen molar-refractivity contribution in [3.8, 4) is 0 Å². The summed E-state index contributed by atoms with van der Waals surface area (Å²) >= 11 is 0. The average Bonchev–Trinajstić information content (AvgIpc) is 3.92. The number of pyridine rings is 1. The van der Waals surface area contributed by atoms with Gasteiger partial charge in [0.15, 0.2) is 5.78 Å². The Balaban J connectivity index is 0.000000172. The van der Waals surface area contributed by atoms with Gasteiger partial charge in [-0.2, -0.15) is 0 Å². The fraction of sp³-hybridized carbons (Fsp3) is 0.500. The summed E-state index contributed by atoms with van der Waals surface area (Å²) in [6, 6.07) is 20.0. The first kappa shape index (κ1) is 31.7. The maximum atomic E-state index is 12.5. The lowest BCUT2D eigenvalue weighted by Crippen LogP contribution is -2.60. The van der Waals surface area contributed by atoms with Gasteiger partial charge in [0, 0.05) is 47.9 Å². The number of likely N-dealkylation sites (tertiary alicyclic amines) is 1.